The molecular weight excluding hydrogens is 307 g/mol. The lowest BCUT2D eigenvalue weighted by Gasteiger charge is -2.15. The van der Waals surface area contributed by atoms with E-state index < -0.39 is 0 Å². The van der Waals surface area contributed by atoms with Gasteiger partial charge in [0.25, 0.3) is 0 Å². The lowest BCUT2D eigenvalue weighted by Crippen LogP contribution is -2.37. The van der Waals surface area contributed by atoms with E-state index in [1.807, 2.05) is 6.20 Å². The largest absolute Gasteiger partial charge is 0.333 e. The fourth-order valence-electron chi connectivity index (χ4n) is 3.17. The molecule has 0 fully saturated rings. The van der Waals surface area contributed by atoms with Gasteiger partial charge in [-0.25, -0.2) is 14.2 Å². The van der Waals surface area contributed by atoms with E-state index >= 15 is 0 Å². The number of carbonyl (C=O) groups is 1. The number of hydrogen-bond acceptors (Lipinski definition) is 2. The topological polar surface area (TPSA) is 59.0 Å². The van der Waals surface area contributed by atoms with E-state index in [0.29, 0.717) is 12.5 Å². The summed E-state index contributed by atoms with van der Waals surface area (Å²) in [6, 6.07) is 4.47. The highest BCUT2D eigenvalue weighted by atomic mass is 19.1. The molecule has 6 heteroatoms. The summed E-state index contributed by atoms with van der Waals surface area (Å²) in [6.45, 7) is 5.54. The molecule has 1 aromatic heterocycles. The number of benzene rings is 1. The number of nitrogens with zero attached hydrogens (tertiary/aromatic N) is 2. The molecule has 1 heterocycles. The average molecular weight is 330 g/mol. The van der Waals surface area contributed by atoms with Gasteiger partial charge in [-0.15, -0.1) is 0 Å². The molecule has 0 unspecified atom stereocenters. The number of nitrogens with one attached hydrogen (secondary N) is 2. The van der Waals surface area contributed by atoms with Crippen molar-refractivity contribution in [2.75, 3.05) is 0 Å². The Balaban J connectivity index is 1.55. The summed E-state index contributed by atoms with van der Waals surface area (Å²) in [5.41, 5.74) is 1.99. The highest BCUT2D eigenvalue weighted by Gasteiger charge is 2.24. The minimum absolute atomic E-state index is 0.0593. The lowest BCUT2D eigenvalue weighted by molar-refractivity contribution is 0.236. The van der Waals surface area contributed by atoms with Crippen molar-refractivity contribution in [3.05, 3.63) is 53.4 Å². The molecule has 24 heavy (non-hydrogen) atoms. The number of rotatable bonds is 5. The molecule has 0 radical (unpaired) electrons. The van der Waals surface area contributed by atoms with Crippen LogP contribution in [0.1, 0.15) is 43.3 Å². The van der Waals surface area contributed by atoms with Gasteiger partial charge in [0.15, 0.2) is 0 Å². The molecule has 0 saturated carbocycles. The zero-order valence-electron chi connectivity index (χ0n) is 14.1. The van der Waals surface area contributed by atoms with Gasteiger partial charge in [-0.1, -0.05) is 19.9 Å². The van der Waals surface area contributed by atoms with Crippen LogP contribution in [0.2, 0.25) is 0 Å². The molecule has 1 aliphatic rings. The van der Waals surface area contributed by atoms with Crippen LogP contribution in [0.15, 0.2) is 30.6 Å². The first-order valence-electron chi connectivity index (χ1n) is 8.35. The van der Waals surface area contributed by atoms with Crippen molar-refractivity contribution < 1.29 is 9.18 Å². The quantitative estimate of drug-likeness (QED) is 0.885. The molecule has 0 spiro atoms. The van der Waals surface area contributed by atoms with Crippen LogP contribution in [0.3, 0.4) is 0 Å². The summed E-state index contributed by atoms with van der Waals surface area (Å²) in [5.74, 6) is 1.13. The molecule has 0 saturated heterocycles. The minimum Gasteiger partial charge on any atom is -0.333 e. The van der Waals surface area contributed by atoms with Crippen molar-refractivity contribution >= 4 is 6.03 Å². The van der Waals surface area contributed by atoms with Crippen molar-refractivity contribution in [2.24, 2.45) is 5.92 Å². The van der Waals surface area contributed by atoms with E-state index in [1.165, 1.54) is 6.07 Å². The highest BCUT2D eigenvalue weighted by Crippen LogP contribution is 2.31. The van der Waals surface area contributed by atoms with Crippen LogP contribution >= 0.6 is 0 Å². The molecule has 5 nitrogen and oxygen atoms in total. The Hall–Kier alpha value is -2.37. The number of aryl methyl sites for hydroxylation is 1. The Morgan fingerprint density at radius 3 is 3.08 bits per heavy atom. The van der Waals surface area contributed by atoms with Gasteiger partial charge in [0, 0.05) is 18.9 Å². The van der Waals surface area contributed by atoms with Gasteiger partial charge in [0.2, 0.25) is 0 Å². The Labute approximate surface area is 141 Å². The molecule has 2 N–H and O–H groups in total. The van der Waals surface area contributed by atoms with Crippen molar-refractivity contribution in [2.45, 2.75) is 45.8 Å². The summed E-state index contributed by atoms with van der Waals surface area (Å²) < 4.78 is 15.3. The van der Waals surface area contributed by atoms with Crippen LogP contribution in [0.4, 0.5) is 9.18 Å². The van der Waals surface area contributed by atoms with Gasteiger partial charge >= 0.3 is 6.03 Å². The Morgan fingerprint density at radius 1 is 1.46 bits per heavy atom. The smallest absolute Gasteiger partial charge is 0.315 e. The summed E-state index contributed by atoms with van der Waals surface area (Å²) in [5, 5.41) is 5.83. The van der Waals surface area contributed by atoms with Crippen molar-refractivity contribution in [1.29, 1.82) is 0 Å². The van der Waals surface area contributed by atoms with Crippen LogP contribution in [0.5, 0.6) is 0 Å². The maximum absolute atomic E-state index is 13.2. The first-order valence-corrected chi connectivity index (χ1v) is 8.35. The predicted molar refractivity (Wildman–Crippen MR) is 89.9 cm³/mol. The summed E-state index contributed by atoms with van der Waals surface area (Å²) in [4.78, 5) is 16.5. The van der Waals surface area contributed by atoms with Gasteiger partial charge in [0.05, 0.1) is 12.6 Å². The zero-order chi connectivity index (χ0) is 17.1. The van der Waals surface area contributed by atoms with Gasteiger partial charge in [0.1, 0.15) is 11.6 Å². The fourth-order valence-corrected chi connectivity index (χ4v) is 3.17. The monoisotopic (exact) mass is 330 g/mol. The van der Waals surface area contributed by atoms with Crippen LogP contribution in [0.25, 0.3) is 0 Å². The third kappa shape index (κ3) is 3.75. The first-order chi connectivity index (χ1) is 11.5. The van der Waals surface area contributed by atoms with E-state index in [-0.39, 0.29) is 17.9 Å². The third-order valence-corrected chi connectivity index (χ3v) is 4.26. The number of aromatic nitrogens is 2. The van der Waals surface area contributed by atoms with E-state index in [9.17, 15) is 9.18 Å². The summed E-state index contributed by atoms with van der Waals surface area (Å²) in [6.07, 6.45) is 5.26. The molecule has 2 amide bonds. The maximum atomic E-state index is 13.2. The average Bonchev–Trinajstić information content (AvgIpc) is 3.11. The van der Waals surface area contributed by atoms with Crippen molar-refractivity contribution in [3.8, 4) is 0 Å². The number of hydrogen-bond donors (Lipinski definition) is 2. The minimum atomic E-state index is -0.226. The van der Waals surface area contributed by atoms with Crippen molar-refractivity contribution in [1.82, 2.24) is 20.2 Å². The number of imidazole rings is 1. The van der Waals surface area contributed by atoms with E-state index in [4.69, 9.17) is 0 Å². The standard InChI is InChI=1S/C18H23FN4O/c1-12(2)11-23-8-7-20-17(23)10-21-18(24)22-16-6-3-13-9-14(19)4-5-15(13)16/h4-5,7-9,12,16H,3,6,10-11H2,1-2H3,(H2,21,22,24)/t16-/m0/s1. The second-order valence-corrected chi connectivity index (χ2v) is 6.65. The normalized spacial score (nSPS) is 16.2. The molecular formula is C18H23FN4O. The van der Waals surface area contributed by atoms with E-state index in [1.54, 1.807) is 18.3 Å². The number of halogens is 1. The fraction of sp³-hybridized carbons (Fsp3) is 0.444. The third-order valence-electron chi connectivity index (χ3n) is 4.26. The molecule has 1 aliphatic carbocycles. The first kappa shape index (κ1) is 16.5. The number of carbonyl (C=O) groups excluding carboxylic acids is 1. The van der Waals surface area contributed by atoms with Gasteiger partial charge in [-0.3, -0.25) is 0 Å². The number of amides is 2. The van der Waals surface area contributed by atoms with Crippen LogP contribution in [-0.4, -0.2) is 15.6 Å². The SMILES string of the molecule is CC(C)Cn1ccnc1CNC(=O)N[C@H]1CCc2cc(F)ccc21. The molecule has 1 aromatic carbocycles. The molecule has 128 valence electrons. The van der Waals surface area contributed by atoms with Gasteiger partial charge < -0.3 is 15.2 Å². The van der Waals surface area contributed by atoms with E-state index in [2.05, 4.69) is 34.0 Å². The Morgan fingerprint density at radius 2 is 2.29 bits per heavy atom. The zero-order valence-corrected chi connectivity index (χ0v) is 14.1. The summed E-state index contributed by atoms with van der Waals surface area (Å²) in [7, 11) is 0. The second kappa shape index (κ2) is 7.03. The van der Waals surface area contributed by atoms with Gasteiger partial charge in [-0.05, 0) is 42.0 Å². The Kier molecular flexibility index (Phi) is 4.83. The lowest BCUT2D eigenvalue weighted by atomic mass is 10.1. The van der Waals surface area contributed by atoms with Crippen molar-refractivity contribution in [3.63, 3.8) is 0 Å². The predicted octanol–water partition coefficient (Wildman–Crippen LogP) is 3.16. The number of fused-ring (bicyclic) bond motifs is 1. The molecule has 0 bridgehead atoms. The number of urea groups is 1. The van der Waals surface area contributed by atoms with Crippen LogP contribution in [0, 0.1) is 11.7 Å². The second-order valence-electron chi connectivity index (χ2n) is 6.65. The van der Waals surface area contributed by atoms with Crippen LogP contribution in [-0.2, 0) is 19.5 Å². The highest BCUT2D eigenvalue weighted by molar-refractivity contribution is 5.74. The van der Waals surface area contributed by atoms with E-state index in [0.717, 1.165) is 36.3 Å². The van der Waals surface area contributed by atoms with Gasteiger partial charge in [-0.2, -0.15) is 0 Å². The molecule has 2 aromatic rings. The summed E-state index contributed by atoms with van der Waals surface area (Å²) >= 11 is 0. The molecule has 3 rings (SSSR count). The van der Waals surface area contributed by atoms with Crippen LogP contribution < -0.4 is 10.6 Å². The molecule has 0 aliphatic heterocycles. The Bertz CT molecular complexity index is 726. The molecule has 1 atom stereocenters. The maximum Gasteiger partial charge on any atom is 0.315 e.